The topological polar surface area (TPSA) is 145 Å². The molecule has 1 amide bonds. The number of nitro benzene ring substituents is 1. The van der Waals surface area contributed by atoms with Gasteiger partial charge in [0.15, 0.2) is 11.9 Å². The predicted octanol–water partition coefficient (Wildman–Crippen LogP) is 5.04. The van der Waals surface area contributed by atoms with Crippen LogP contribution in [0.4, 0.5) is 5.69 Å². The zero-order valence-corrected chi connectivity index (χ0v) is 26.1. The standard InChI is InChI=1S/C34H31N3O8S/c1-21(2)30(39)34(35-18-23-14-16-27(17-15-23)37(42)43)32(41)36-28(26(19-44-22(3)38)20-46-33(34)36)31(40)45-29(24-10-6-4-7-11-24)25-12-8-5-9-13-25/h4-18,21,29,33H,19-20H2,1-3H3/t33-,34+/m1/s1. The molecule has 2 aliphatic heterocycles. The van der Waals surface area contributed by atoms with E-state index in [9.17, 15) is 29.3 Å². The molecule has 2 heterocycles. The number of Topliss-reactive ketones (excluding diaryl/α,β-unsaturated/α-hetero) is 1. The third-order valence-electron chi connectivity index (χ3n) is 7.62. The van der Waals surface area contributed by atoms with Gasteiger partial charge in [-0.25, -0.2) is 4.79 Å². The number of aliphatic imine (C=N–C) groups is 1. The molecule has 5 rings (SSSR count). The molecule has 0 radical (unpaired) electrons. The maximum atomic E-state index is 14.2. The van der Waals surface area contributed by atoms with Crippen LogP contribution in [0.15, 0.2) is 101 Å². The first-order valence-electron chi connectivity index (χ1n) is 14.5. The minimum atomic E-state index is -1.85. The van der Waals surface area contributed by atoms with Gasteiger partial charge in [0, 0.05) is 42.5 Å². The molecular weight excluding hydrogens is 610 g/mol. The molecule has 0 aromatic heterocycles. The van der Waals surface area contributed by atoms with E-state index in [2.05, 4.69) is 4.99 Å². The number of carbonyl (C=O) groups is 4. The molecule has 0 aliphatic carbocycles. The molecule has 3 aromatic carbocycles. The molecule has 1 saturated heterocycles. The molecule has 0 saturated carbocycles. The maximum Gasteiger partial charge on any atom is 0.356 e. The average molecular weight is 642 g/mol. The molecule has 46 heavy (non-hydrogen) atoms. The summed E-state index contributed by atoms with van der Waals surface area (Å²) >= 11 is 1.23. The Morgan fingerprint density at radius 3 is 2.13 bits per heavy atom. The van der Waals surface area contributed by atoms with E-state index in [-0.39, 0.29) is 23.7 Å². The first-order chi connectivity index (χ1) is 22.0. The van der Waals surface area contributed by atoms with Crippen molar-refractivity contribution in [2.24, 2.45) is 10.9 Å². The molecule has 11 nitrogen and oxygen atoms in total. The number of thioether (sulfide) groups is 1. The summed E-state index contributed by atoms with van der Waals surface area (Å²) < 4.78 is 11.4. The van der Waals surface area contributed by atoms with Gasteiger partial charge in [-0.05, 0) is 28.8 Å². The van der Waals surface area contributed by atoms with Gasteiger partial charge in [-0.3, -0.25) is 34.4 Å². The summed E-state index contributed by atoms with van der Waals surface area (Å²) in [6.45, 7) is 4.32. The normalized spacial score (nSPS) is 19.2. The van der Waals surface area contributed by atoms with Gasteiger partial charge in [0.05, 0.1) is 4.92 Å². The number of non-ortho nitro benzene ring substituents is 1. The van der Waals surface area contributed by atoms with E-state index in [0.717, 1.165) is 0 Å². The zero-order chi connectivity index (χ0) is 33.0. The lowest BCUT2D eigenvalue weighted by Gasteiger charge is -2.54. The van der Waals surface area contributed by atoms with E-state index in [0.29, 0.717) is 22.3 Å². The Morgan fingerprint density at radius 2 is 1.61 bits per heavy atom. The van der Waals surface area contributed by atoms with Crippen LogP contribution < -0.4 is 0 Å². The van der Waals surface area contributed by atoms with Crippen LogP contribution in [0.25, 0.3) is 0 Å². The van der Waals surface area contributed by atoms with Crippen LogP contribution in [-0.4, -0.2) is 62.9 Å². The van der Waals surface area contributed by atoms with Crippen molar-refractivity contribution in [1.82, 2.24) is 4.90 Å². The number of β-lactam (4-membered cyclic amide) rings is 1. The second-order valence-corrected chi connectivity index (χ2v) is 12.1. The number of esters is 2. The van der Waals surface area contributed by atoms with Crippen LogP contribution in [0, 0.1) is 16.0 Å². The van der Waals surface area contributed by atoms with Crippen molar-refractivity contribution in [3.63, 3.8) is 0 Å². The maximum absolute atomic E-state index is 14.2. The number of hydrogen-bond acceptors (Lipinski definition) is 10. The van der Waals surface area contributed by atoms with Crippen LogP contribution in [0.5, 0.6) is 0 Å². The Hall–Kier alpha value is -5.10. The average Bonchev–Trinajstić information content (AvgIpc) is 3.06. The lowest BCUT2D eigenvalue weighted by Crippen LogP contribution is -2.76. The Bertz CT molecular complexity index is 1680. The van der Waals surface area contributed by atoms with E-state index in [4.69, 9.17) is 9.47 Å². The van der Waals surface area contributed by atoms with Gasteiger partial charge in [0.1, 0.15) is 17.7 Å². The van der Waals surface area contributed by atoms with Gasteiger partial charge in [0.2, 0.25) is 5.54 Å². The molecular formula is C34H31N3O8S. The van der Waals surface area contributed by atoms with Crippen LogP contribution in [0.2, 0.25) is 0 Å². The number of ketones is 1. The first kappa shape index (κ1) is 32.3. The first-order valence-corrected chi connectivity index (χ1v) is 15.5. The number of fused-ring (bicyclic) bond motifs is 1. The Kier molecular flexibility index (Phi) is 9.47. The van der Waals surface area contributed by atoms with E-state index in [1.807, 2.05) is 60.7 Å². The lowest BCUT2D eigenvalue weighted by molar-refractivity contribution is -0.384. The Morgan fingerprint density at radius 1 is 1.02 bits per heavy atom. The summed E-state index contributed by atoms with van der Waals surface area (Å²) in [4.78, 5) is 70.1. The SMILES string of the molecule is CC(=O)OCC1=C(C(=O)OC(c2ccccc2)c2ccccc2)N2C(=O)[C@@](N=Cc3ccc([N+](=O)[O-])cc3)(C(=O)C(C)C)[C@H]2SC1. The zero-order valence-electron chi connectivity index (χ0n) is 25.3. The van der Waals surface area contributed by atoms with E-state index >= 15 is 0 Å². The summed E-state index contributed by atoms with van der Waals surface area (Å²) in [7, 11) is 0. The summed E-state index contributed by atoms with van der Waals surface area (Å²) in [6, 6.07) is 23.8. The fourth-order valence-corrected chi connectivity index (χ4v) is 6.79. The third kappa shape index (κ3) is 6.20. The van der Waals surface area contributed by atoms with Crippen molar-refractivity contribution < 1.29 is 33.6 Å². The molecule has 0 bridgehead atoms. The van der Waals surface area contributed by atoms with E-state index < -0.39 is 51.5 Å². The molecule has 0 unspecified atom stereocenters. The van der Waals surface area contributed by atoms with Crippen molar-refractivity contribution in [3.05, 3.63) is 123 Å². The summed E-state index contributed by atoms with van der Waals surface area (Å²) in [6.07, 6.45) is 0.528. The third-order valence-corrected chi connectivity index (χ3v) is 9.00. The summed E-state index contributed by atoms with van der Waals surface area (Å²) in [5, 5.41) is 10.2. The number of amides is 1. The molecule has 2 atom stereocenters. The molecule has 12 heteroatoms. The highest BCUT2D eigenvalue weighted by atomic mass is 32.2. The smallest absolute Gasteiger partial charge is 0.356 e. The highest BCUT2D eigenvalue weighted by molar-refractivity contribution is 8.00. The Balaban J connectivity index is 1.53. The number of carbonyl (C=O) groups excluding carboxylic acids is 4. The van der Waals surface area contributed by atoms with Gasteiger partial charge in [-0.1, -0.05) is 74.5 Å². The predicted molar refractivity (Wildman–Crippen MR) is 171 cm³/mol. The number of nitro groups is 1. The number of benzene rings is 3. The van der Waals surface area contributed by atoms with Gasteiger partial charge in [-0.2, -0.15) is 0 Å². The van der Waals surface area contributed by atoms with E-state index in [1.165, 1.54) is 54.1 Å². The monoisotopic (exact) mass is 641 g/mol. The van der Waals surface area contributed by atoms with Gasteiger partial charge >= 0.3 is 11.9 Å². The second-order valence-electron chi connectivity index (χ2n) is 11.1. The quantitative estimate of drug-likeness (QED) is 0.0702. The largest absolute Gasteiger partial charge is 0.461 e. The van der Waals surface area contributed by atoms with Crippen LogP contribution in [0.1, 0.15) is 43.6 Å². The molecule has 0 N–H and O–H groups in total. The fourth-order valence-electron chi connectivity index (χ4n) is 5.35. The number of nitrogens with zero attached hydrogens (tertiary/aromatic N) is 3. The van der Waals surface area contributed by atoms with Gasteiger partial charge in [0.25, 0.3) is 11.6 Å². The van der Waals surface area contributed by atoms with Crippen LogP contribution in [-0.2, 0) is 28.7 Å². The highest BCUT2D eigenvalue weighted by Gasteiger charge is 2.69. The van der Waals surface area contributed by atoms with Crippen molar-refractivity contribution >= 4 is 47.3 Å². The number of rotatable bonds is 11. The Labute approximate surface area is 269 Å². The molecule has 236 valence electrons. The van der Waals surface area contributed by atoms with Crippen molar-refractivity contribution in [1.29, 1.82) is 0 Å². The van der Waals surface area contributed by atoms with Gasteiger partial charge in [-0.15, -0.1) is 11.8 Å². The van der Waals surface area contributed by atoms with Crippen molar-refractivity contribution in [3.8, 4) is 0 Å². The minimum absolute atomic E-state index is 0.0930. The van der Waals surface area contributed by atoms with Gasteiger partial charge < -0.3 is 9.47 Å². The number of hydrogen-bond donors (Lipinski definition) is 0. The molecule has 1 fully saturated rings. The van der Waals surface area contributed by atoms with Crippen molar-refractivity contribution in [2.75, 3.05) is 12.4 Å². The fraction of sp³-hybridized carbons (Fsp3) is 0.265. The minimum Gasteiger partial charge on any atom is -0.461 e. The molecule has 3 aromatic rings. The summed E-state index contributed by atoms with van der Waals surface area (Å²) in [5.41, 5.74) is 0.168. The molecule has 0 spiro atoms. The van der Waals surface area contributed by atoms with Crippen LogP contribution >= 0.6 is 11.8 Å². The van der Waals surface area contributed by atoms with E-state index in [1.54, 1.807) is 13.8 Å². The lowest BCUT2D eigenvalue weighted by atomic mass is 9.78. The summed E-state index contributed by atoms with van der Waals surface area (Å²) in [5.74, 6) is -2.96. The second kappa shape index (κ2) is 13.5. The van der Waals surface area contributed by atoms with Crippen LogP contribution in [0.3, 0.4) is 0 Å². The van der Waals surface area contributed by atoms with Crippen molar-refractivity contribution in [2.45, 2.75) is 37.8 Å². The highest BCUT2D eigenvalue weighted by Crippen LogP contribution is 2.50. The molecule has 2 aliphatic rings. The number of ether oxygens (including phenoxy) is 2.